The largest absolute Gasteiger partial charge is 0.293 e. The van der Waals surface area contributed by atoms with Gasteiger partial charge in [-0.1, -0.05) is 63.9 Å². The number of fused-ring (bicyclic) bond motifs is 3. The normalized spacial score (nSPS) is 11.1. The molecule has 3 rings (SSSR count). The lowest BCUT2D eigenvalue weighted by Crippen LogP contribution is -2.01. The Balaban J connectivity index is 2.55. The molecule has 0 spiro atoms. The first-order valence-corrected chi connectivity index (χ1v) is 7.41. The Morgan fingerprint density at radius 1 is 1.05 bits per heavy atom. The van der Waals surface area contributed by atoms with E-state index in [1.54, 1.807) is 0 Å². The molecule has 0 aliphatic heterocycles. The fraction of sp³-hybridized carbons (Fsp3) is 0.0625. The number of ketones is 1. The molecule has 94 valence electrons. The molecule has 0 bridgehead atoms. The van der Waals surface area contributed by atoms with Gasteiger partial charge in [0.15, 0.2) is 5.78 Å². The number of hydrogen-bond acceptors (Lipinski definition) is 1. The summed E-state index contributed by atoms with van der Waals surface area (Å²) in [6.07, 6.45) is 0. The molecule has 1 nitrogen and oxygen atoms in total. The van der Waals surface area contributed by atoms with E-state index in [1.807, 2.05) is 42.5 Å². The minimum atomic E-state index is 0.0452. The fourth-order valence-electron chi connectivity index (χ4n) is 2.41. The topological polar surface area (TPSA) is 17.1 Å². The molecule has 0 saturated heterocycles. The van der Waals surface area contributed by atoms with Crippen LogP contribution in [0.15, 0.2) is 48.5 Å². The zero-order valence-corrected chi connectivity index (χ0v) is 12.3. The molecule has 3 aromatic rings. The molecular weight excluding hydrogens is 324 g/mol. The van der Waals surface area contributed by atoms with Crippen molar-refractivity contribution in [2.75, 3.05) is 5.33 Å². The molecule has 0 aromatic heterocycles. The maximum atomic E-state index is 12.1. The number of rotatable bonds is 2. The van der Waals surface area contributed by atoms with Crippen molar-refractivity contribution in [1.82, 2.24) is 0 Å². The second kappa shape index (κ2) is 4.95. The second-order valence-electron chi connectivity index (χ2n) is 4.36. The SMILES string of the molecule is O=C(CBr)c1cc2ccccc2c2cccc(Cl)c12. The first-order chi connectivity index (χ1) is 9.22. The summed E-state index contributed by atoms with van der Waals surface area (Å²) >= 11 is 9.53. The van der Waals surface area contributed by atoms with Gasteiger partial charge in [-0.05, 0) is 28.3 Å². The van der Waals surface area contributed by atoms with Crippen LogP contribution >= 0.6 is 27.5 Å². The van der Waals surface area contributed by atoms with E-state index in [4.69, 9.17) is 11.6 Å². The van der Waals surface area contributed by atoms with E-state index in [-0.39, 0.29) is 5.78 Å². The third-order valence-electron chi connectivity index (χ3n) is 3.26. The number of benzene rings is 3. The monoisotopic (exact) mass is 332 g/mol. The van der Waals surface area contributed by atoms with Gasteiger partial charge in [-0.15, -0.1) is 0 Å². The Labute approximate surface area is 124 Å². The average molecular weight is 334 g/mol. The molecule has 0 radical (unpaired) electrons. The lowest BCUT2D eigenvalue weighted by molar-refractivity contribution is 0.102. The first-order valence-electron chi connectivity index (χ1n) is 5.91. The number of carbonyl (C=O) groups excluding carboxylic acids is 1. The first kappa shape index (κ1) is 12.6. The number of Topliss-reactive ketones (excluding diaryl/α,β-unsaturated/α-hetero) is 1. The summed E-state index contributed by atoms with van der Waals surface area (Å²) < 4.78 is 0. The zero-order chi connectivity index (χ0) is 13.4. The van der Waals surface area contributed by atoms with Gasteiger partial charge in [0.05, 0.1) is 5.33 Å². The molecule has 0 N–H and O–H groups in total. The van der Waals surface area contributed by atoms with Gasteiger partial charge in [-0.3, -0.25) is 4.79 Å². The van der Waals surface area contributed by atoms with Gasteiger partial charge in [0.1, 0.15) is 0 Å². The summed E-state index contributed by atoms with van der Waals surface area (Å²) in [5, 5.41) is 4.95. The molecule has 0 saturated carbocycles. The molecular formula is C16H10BrClO. The molecule has 0 aliphatic carbocycles. The molecule has 0 atom stereocenters. The lowest BCUT2D eigenvalue weighted by Gasteiger charge is -2.10. The predicted octanol–water partition coefficient (Wildman–Crippen LogP) is 5.22. The van der Waals surface area contributed by atoms with Crippen LogP contribution in [-0.4, -0.2) is 11.1 Å². The van der Waals surface area contributed by atoms with Gasteiger partial charge in [0, 0.05) is 16.0 Å². The highest BCUT2D eigenvalue weighted by Crippen LogP contribution is 2.33. The molecule has 3 heteroatoms. The van der Waals surface area contributed by atoms with Crippen molar-refractivity contribution < 1.29 is 4.79 Å². The Bertz CT molecular complexity index is 795. The number of alkyl halides is 1. The Morgan fingerprint density at radius 2 is 1.79 bits per heavy atom. The van der Waals surface area contributed by atoms with Gasteiger partial charge in [0.2, 0.25) is 0 Å². The van der Waals surface area contributed by atoms with E-state index in [1.165, 1.54) is 0 Å². The minimum Gasteiger partial charge on any atom is -0.293 e. The highest BCUT2D eigenvalue weighted by Gasteiger charge is 2.14. The summed E-state index contributed by atoms with van der Waals surface area (Å²) in [6.45, 7) is 0. The standard InChI is InChI=1S/C16H10BrClO/c17-9-15(19)13-8-10-4-1-2-5-11(10)12-6-3-7-14(18)16(12)13/h1-8H,9H2. The number of carbonyl (C=O) groups is 1. The van der Waals surface area contributed by atoms with E-state index in [2.05, 4.69) is 22.0 Å². The van der Waals surface area contributed by atoms with Crippen LogP contribution < -0.4 is 0 Å². The molecule has 0 unspecified atom stereocenters. The van der Waals surface area contributed by atoms with Crippen LogP contribution in [0.25, 0.3) is 21.5 Å². The van der Waals surface area contributed by atoms with E-state index >= 15 is 0 Å². The van der Waals surface area contributed by atoms with Crippen LogP contribution in [0.3, 0.4) is 0 Å². The molecule has 3 aromatic carbocycles. The van der Waals surface area contributed by atoms with Crippen LogP contribution in [0.5, 0.6) is 0 Å². The lowest BCUT2D eigenvalue weighted by atomic mass is 9.95. The maximum Gasteiger partial charge on any atom is 0.174 e. The molecule has 19 heavy (non-hydrogen) atoms. The number of halogens is 2. The Morgan fingerprint density at radius 3 is 2.58 bits per heavy atom. The van der Waals surface area contributed by atoms with E-state index in [9.17, 15) is 4.79 Å². The van der Waals surface area contributed by atoms with Crippen LogP contribution in [0.4, 0.5) is 0 Å². The van der Waals surface area contributed by atoms with Crippen molar-refractivity contribution in [2.45, 2.75) is 0 Å². The van der Waals surface area contributed by atoms with Gasteiger partial charge < -0.3 is 0 Å². The third kappa shape index (κ3) is 2.05. The second-order valence-corrected chi connectivity index (χ2v) is 5.33. The highest BCUT2D eigenvalue weighted by molar-refractivity contribution is 9.09. The third-order valence-corrected chi connectivity index (χ3v) is 4.08. The van der Waals surface area contributed by atoms with E-state index in [0.29, 0.717) is 15.9 Å². The van der Waals surface area contributed by atoms with Crippen molar-refractivity contribution >= 4 is 54.9 Å². The quantitative estimate of drug-likeness (QED) is 0.357. The highest BCUT2D eigenvalue weighted by atomic mass is 79.9. The minimum absolute atomic E-state index is 0.0452. The van der Waals surface area contributed by atoms with Crippen molar-refractivity contribution in [3.05, 3.63) is 59.1 Å². The number of hydrogen-bond donors (Lipinski definition) is 0. The maximum absolute atomic E-state index is 12.1. The average Bonchev–Trinajstić information content (AvgIpc) is 2.46. The van der Waals surface area contributed by atoms with Crippen LogP contribution in [0.2, 0.25) is 5.02 Å². The molecule has 0 heterocycles. The van der Waals surface area contributed by atoms with E-state index < -0.39 is 0 Å². The Kier molecular flexibility index (Phi) is 3.29. The van der Waals surface area contributed by atoms with Crippen molar-refractivity contribution in [1.29, 1.82) is 0 Å². The van der Waals surface area contributed by atoms with Crippen molar-refractivity contribution in [2.24, 2.45) is 0 Å². The van der Waals surface area contributed by atoms with Crippen molar-refractivity contribution in [3.8, 4) is 0 Å². The Hall–Kier alpha value is -1.38. The summed E-state index contributed by atoms with van der Waals surface area (Å²) in [7, 11) is 0. The summed E-state index contributed by atoms with van der Waals surface area (Å²) in [6, 6.07) is 15.7. The van der Waals surface area contributed by atoms with Crippen LogP contribution in [-0.2, 0) is 0 Å². The fourth-order valence-corrected chi connectivity index (χ4v) is 2.99. The molecule has 0 aliphatic rings. The van der Waals surface area contributed by atoms with Crippen LogP contribution in [0.1, 0.15) is 10.4 Å². The smallest absolute Gasteiger partial charge is 0.174 e. The van der Waals surface area contributed by atoms with E-state index in [0.717, 1.165) is 21.5 Å². The summed E-state index contributed by atoms with van der Waals surface area (Å²) in [5.74, 6) is 0.0452. The summed E-state index contributed by atoms with van der Waals surface area (Å²) in [5.41, 5.74) is 0.677. The van der Waals surface area contributed by atoms with Gasteiger partial charge >= 0.3 is 0 Å². The van der Waals surface area contributed by atoms with Gasteiger partial charge in [-0.25, -0.2) is 0 Å². The zero-order valence-electron chi connectivity index (χ0n) is 9.99. The van der Waals surface area contributed by atoms with Gasteiger partial charge in [-0.2, -0.15) is 0 Å². The summed E-state index contributed by atoms with van der Waals surface area (Å²) in [4.78, 5) is 12.1. The molecule has 0 fully saturated rings. The van der Waals surface area contributed by atoms with Gasteiger partial charge in [0.25, 0.3) is 0 Å². The molecule has 0 amide bonds. The predicted molar refractivity (Wildman–Crippen MR) is 84.6 cm³/mol. The van der Waals surface area contributed by atoms with Crippen molar-refractivity contribution in [3.63, 3.8) is 0 Å². The van der Waals surface area contributed by atoms with Crippen LogP contribution in [0, 0.1) is 0 Å².